The van der Waals surface area contributed by atoms with E-state index < -0.39 is 17.7 Å². The molecule has 0 aliphatic carbocycles. The number of Topliss-reactive ketones (excluding diaryl/α,β-unsaturated/α-hetero) is 1. The van der Waals surface area contributed by atoms with Gasteiger partial charge in [0.1, 0.15) is 17.3 Å². The molecular weight excluding hydrogens is 444 g/mol. The second-order valence-corrected chi connectivity index (χ2v) is 8.29. The summed E-state index contributed by atoms with van der Waals surface area (Å²) in [5.74, 6) is -0.602. The lowest BCUT2D eigenvalue weighted by molar-refractivity contribution is -0.132. The van der Waals surface area contributed by atoms with Crippen LogP contribution in [0.1, 0.15) is 36.6 Å². The summed E-state index contributed by atoms with van der Waals surface area (Å²) in [6, 6.07) is 21.2. The molecule has 1 aliphatic rings. The molecule has 1 unspecified atom stereocenters. The molecular formula is C28H24N2O5. The van der Waals surface area contributed by atoms with Crippen LogP contribution in [0, 0.1) is 11.3 Å². The van der Waals surface area contributed by atoms with Gasteiger partial charge in [-0.05, 0) is 80.1 Å². The highest BCUT2D eigenvalue weighted by Gasteiger charge is 2.47. The standard InChI is InChI=1S/C28H24N2O5/c1-17(2)35-23-14-8-20(9-15-23)26(31)24-25(19-6-12-22(34-3)13-7-19)30(28(33)27(24)32)21-10-4-18(16-29)5-11-21/h4-15,17,25,31H,1-3H3/b26-24+. The van der Waals surface area contributed by atoms with E-state index in [0.29, 0.717) is 33.9 Å². The highest BCUT2D eigenvalue weighted by atomic mass is 16.5. The molecule has 0 aromatic heterocycles. The highest BCUT2D eigenvalue weighted by molar-refractivity contribution is 6.51. The first-order valence-corrected chi connectivity index (χ1v) is 11.1. The summed E-state index contributed by atoms with van der Waals surface area (Å²) in [5.41, 5.74) is 1.84. The molecule has 1 fully saturated rings. The number of aliphatic hydroxyl groups excluding tert-OH is 1. The summed E-state index contributed by atoms with van der Waals surface area (Å²) in [4.78, 5) is 27.8. The lowest BCUT2D eigenvalue weighted by Gasteiger charge is -2.25. The zero-order valence-electron chi connectivity index (χ0n) is 19.6. The number of amides is 1. The number of hydrogen-bond acceptors (Lipinski definition) is 6. The Balaban J connectivity index is 1.85. The number of carbonyl (C=O) groups excluding carboxylic acids is 2. The van der Waals surface area contributed by atoms with Crippen LogP contribution in [0.4, 0.5) is 5.69 Å². The number of methoxy groups -OCH3 is 1. The number of aliphatic hydroxyl groups is 1. The predicted molar refractivity (Wildman–Crippen MR) is 131 cm³/mol. The van der Waals surface area contributed by atoms with Gasteiger partial charge in [0.15, 0.2) is 0 Å². The van der Waals surface area contributed by atoms with Gasteiger partial charge in [-0.15, -0.1) is 0 Å². The molecule has 0 spiro atoms. The smallest absolute Gasteiger partial charge is 0.300 e. The molecule has 3 aromatic carbocycles. The Hall–Kier alpha value is -4.57. The van der Waals surface area contributed by atoms with E-state index in [0.717, 1.165) is 0 Å². The van der Waals surface area contributed by atoms with Gasteiger partial charge < -0.3 is 14.6 Å². The molecule has 1 amide bonds. The van der Waals surface area contributed by atoms with Crippen molar-refractivity contribution >= 4 is 23.1 Å². The van der Waals surface area contributed by atoms with E-state index in [-0.39, 0.29) is 17.4 Å². The van der Waals surface area contributed by atoms with Crippen molar-refractivity contribution in [1.82, 2.24) is 0 Å². The Labute approximate surface area is 203 Å². The van der Waals surface area contributed by atoms with Gasteiger partial charge in [0, 0.05) is 11.3 Å². The number of rotatable bonds is 6. The maximum atomic E-state index is 13.2. The number of nitrogens with zero attached hydrogens (tertiary/aromatic N) is 2. The van der Waals surface area contributed by atoms with Gasteiger partial charge in [-0.25, -0.2) is 0 Å². The number of anilines is 1. The normalized spacial score (nSPS) is 16.9. The Morgan fingerprint density at radius 1 is 0.943 bits per heavy atom. The van der Waals surface area contributed by atoms with Crippen molar-refractivity contribution in [1.29, 1.82) is 5.26 Å². The van der Waals surface area contributed by atoms with Crippen molar-refractivity contribution in [3.05, 3.63) is 95.1 Å². The van der Waals surface area contributed by atoms with Gasteiger partial charge >= 0.3 is 0 Å². The first-order chi connectivity index (χ1) is 16.8. The third kappa shape index (κ3) is 4.59. The summed E-state index contributed by atoms with van der Waals surface area (Å²) in [7, 11) is 1.55. The quantitative estimate of drug-likeness (QED) is 0.311. The van der Waals surface area contributed by atoms with Crippen molar-refractivity contribution in [3.8, 4) is 17.6 Å². The van der Waals surface area contributed by atoms with Gasteiger partial charge in [-0.1, -0.05) is 12.1 Å². The van der Waals surface area contributed by atoms with E-state index in [1.807, 2.05) is 19.9 Å². The molecule has 7 nitrogen and oxygen atoms in total. The van der Waals surface area contributed by atoms with Crippen LogP contribution in [0.15, 0.2) is 78.4 Å². The molecule has 7 heteroatoms. The van der Waals surface area contributed by atoms with Crippen LogP contribution in [-0.2, 0) is 9.59 Å². The molecule has 3 aromatic rings. The average molecular weight is 469 g/mol. The maximum absolute atomic E-state index is 13.2. The van der Waals surface area contributed by atoms with Crippen LogP contribution in [0.5, 0.6) is 11.5 Å². The molecule has 35 heavy (non-hydrogen) atoms. The topological polar surface area (TPSA) is 99.9 Å². The van der Waals surface area contributed by atoms with Gasteiger partial charge in [-0.3, -0.25) is 14.5 Å². The fourth-order valence-electron chi connectivity index (χ4n) is 4.02. The molecule has 1 heterocycles. The molecule has 1 atom stereocenters. The SMILES string of the molecule is COc1ccc(C2/C(=C(\O)c3ccc(OC(C)C)cc3)C(=O)C(=O)N2c2ccc(C#N)cc2)cc1. The molecule has 1 aliphatic heterocycles. The van der Waals surface area contributed by atoms with E-state index in [9.17, 15) is 14.7 Å². The molecule has 1 saturated heterocycles. The van der Waals surface area contributed by atoms with Crippen molar-refractivity contribution < 1.29 is 24.2 Å². The Morgan fingerprint density at radius 3 is 2.09 bits per heavy atom. The lowest BCUT2D eigenvalue weighted by atomic mass is 9.95. The van der Waals surface area contributed by atoms with Crippen LogP contribution < -0.4 is 14.4 Å². The van der Waals surface area contributed by atoms with Crippen LogP contribution in [0.3, 0.4) is 0 Å². The molecule has 0 bridgehead atoms. The fourth-order valence-corrected chi connectivity index (χ4v) is 4.02. The van der Waals surface area contributed by atoms with Gasteiger partial charge in [0.25, 0.3) is 11.7 Å². The van der Waals surface area contributed by atoms with Crippen molar-refractivity contribution in [2.45, 2.75) is 26.0 Å². The summed E-state index contributed by atoms with van der Waals surface area (Å²) in [5, 5.41) is 20.4. The molecule has 0 saturated carbocycles. The molecule has 4 rings (SSSR count). The van der Waals surface area contributed by atoms with E-state index in [2.05, 4.69) is 0 Å². The van der Waals surface area contributed by atoms with Crippen molar-refractivity contribution in [2.24, 2.45) is 0 Å². The maximum Gasteiger partial charge on any atom is 0.300 e. The highest BCUT2D eigenvalue weighted by Crippen LogP contribution is 2.42. The third-order valence-electron chi connectivity index (χ3n) is 5.65. The number of ketones is 1. The lowest BCUT2D eigenvalue weighted by Crippen LogP contribution is -2.29. The van der Waals surface area contributed by atoms with Crippen molar-refractivity contribution in [2.75, 3.05) is 12.0 Å². The number of ether oxygens (including phenoxy) is 2. The Bertz CT molecular complexity index is 1320. The van der Waals surface area contributed by atoms with Gasteiger partial charge in [0.2, 0.25) is 0 Å². The van der Waals surface area contributed by atoms with Crippen LogP contribution >= 0.6 is 0 Å². The van der Waals surface area contributed by atoms with Crippen molar-refractivity contribution in [3.63, 3.8) is 0 Å². The van der Waals surface area contributed by atoms with Gasteiger partial charge in [0.05, 0.1) is 36.5 Å². The third-order valence-corrected chi connectivity index (χ3v) is 5.65. The molecule has 0 radical (unpaired) electrons. The second-order valence-electron chi connectivity index (χ2n) is 8.29. The zero-order chi connectivity index (χ0) is 25.1. The summed E-state index contributed by atoms with van der Waals surface area (Å²) in [6.45, 7) is 3.82. The summed E-state index contributed by atoms with van der Waals surface area (Å²) >= 11 is 0. The fraction of sp³-hybridized carbons (Fsp3) is 0.179. The molecule has 1 N–H and O–H groups in total. The second kappa shape index (κ2) is 9.74. The van der Waals surface area contributed by atoms with E-state index in [1.165, 1.54) is 4.90 Å². The summed E-state index contributed by atoms with van der Waals surface area (Å²) in [6.07, 6.45) is -0.0118. The zero-order valence-corrected chi connectivity index (χ0v) is 19.6. The molecule has 176 valence electrons. The summed E-state index contributed by atoms with van der Waals surface area (Å²) < 4.78 is 10.9. The van der Waals surface area contributed by atoms with Crippen LogP contribution in [-0.4, -0.2) is 30.0 Å². The number of nitriles is 1. The minimum atomic E-state index is -0.875. The average Bonchev–Trinajstić information content (AvgIpc) is 3.14. The Morgan fingerprint density at radius 2 is 1.54 bits per heavy atom. The minimum Gasteiger partial charge on any atom is -0.507 e. The largest absolute Gasteiger partial charge is 0.507 e. The minimum absolute atomic E-state index is 0.0118. The first kappa shape index (κ1) is 23.6. The Kier molecular flexibility index (Phi) is 6.56. The van der Waals surface area contributed by atoms with Crippen LogP contribution in [0.2, 0.25) is 0 Å². The predicted octanol–water partition coefficient (Wildman–Crippen LogP) is 4.98. The monoisotopic (exact) mass is 468 g/mol. The van der Waals surface area contributed by atoms with E-state index in [1.54, 1.807) is 79.9 Å². The van der Waals surface area contributed by atoms with E-state index >= 15 is 0 Å². The number of hydrogen-bond donors (Lipinski definition) is 1. The van der Waals surface area contributed by atoms with Crippen LogP contribution in [0.25, 0.3) is 5.76 Å². The number of carbonyl (C=O) groups is 2. The number of benzene rings is 3. The van der Waals surface area contributed by atoms with Gasteiger partial charge in [-0.2, -0.15) is 5.26 Å². The van der Waals surface area contributed by atoms with E-state index in [4.69, 9.17) is 14.7 Å². The first-order valence-electron chi connectivity index (χ1n) is 11.1.